The van der Waals surface area contributed by atoms with E-state index in [1.54, 1.807) is 12.1 Å². The minimum absolute atomic E-state index is 0.0845. The van der Waals surface area contributed by atoms with Crippen LogP contribution in [0.5, 0.6) is 0 Å². The molecule has 0 aliphatic rings. The summed E-state index contributed by atoms with van der Waals surface area (Å²) in [5.74, 6) is -1.25. The van der Waals surface area contributed by atoms with Gasteiger partial charge in [0.05, 0.1) is 12.1 Å². The van der Waals surface area contributed by atoms with E-state index in [9.17, 15) is 14.4 Å². The van der Waals surface area contributed by atoms with Gasteiger partial charge in [-0.1, -0.05) is 19.1 Å². The summed E-state index contributed by atoms with van der Waals surface area (Å²) < 4.78 is 5.01. The van der Waals surface area contributed by atoms with Crippen LogP contribution in [0, 0.1) is 0 Å². The molecule has 6 nitrogen and oxygen atoms in total. The molecule has 1 aromatic rings. The van der Waals surface area contributed by atoms with Crippen LogP contribution in [0.4, 0.5) is 0 Å². The highest BCUT2D eigenvalue weighted by atomic mass is 16.5. The number of amides is 2. The van der Waals surface area contributed by atoms with Gasteiger partial charge in [-0.3, -0.25) is 9.59 Å². The molecular weight excluding hydrogens is 308 g/mol. The number of hydrogen-bond donors (Lipinski definition) is 1. The van der Waals surface area contributed by atoms with Crippen LogP contribution in [0.15, 0.2) is 24.3 Å². The van der Waals surface area contributed by atoms with Crippen molar-refractivity contribution in [3.05, 3.63) is 35.4 Å². The number of carbonyl (C=O) groups is 3. The van der Waals surface area contributed by atoms with E-state index < -0.39 is 18.5 Å². The van der Waals surface area contributed by atoms with Gasteiger partial charge in [0.1, 0.15) is 0 Å². The summed E-state index contributed by atoms with van der Waals surface area (Å²) in [5, 5.41) is 2.77. The number of nitrogens with zero attached hydrogens (tertiary/aromatic N) is 1. The minimum atomic E-state index is -0.557. The summed E-state index contributed by atoms with van der Waals surface area (Å²) in [6, 6.07) is 7.04. The third-order valence-corrected chi connectivity index (χ3v) is 3.25. The topological polar surface area (TPSA) is 75.7 Å². The van der Waals surface area contributed by atoms with Crippen molar-refractivity contribution in [1.29, 1.82) is 0 Å². The van der Waals surface area contributed by atoms with E-state index in [4.69, 9.17) is 4.74 Å². The monoisotopic (exact) mass is 334 g/mol. The Balaban J connectivity index is 2.46. The van der Waals surface area contributed by atoms with Crippen LogP contribution >= 0.6 is 0 Å². The van der Waals surface area contributed by atoms with E-state index in [1.165, 1.54) is 11.9 Å². The number of benzene rings is 1. The van der Waals surface area contributed by atoms with Gasteiger partial charge in [-0.05, 0) is 44.9 Å². The quantitative estimate of drug-likeness (QED) is 0.805. The lowest BCUT2D eigenvalue weighted by Crippen LogP contribution is -2.46. The third-order valence-electron chi connectivity index (χ3n) is 3.25. The number of aryl methyl sites for hydroxylation is 1. The molecule has 0 heterocycles. The van der Waals surface area contributed by atoms with Crippen molar-refractivity contribution < 1.29 is 19.1 Å². The predicted molar refractivity (Wildman–Crippen MR) is 91.6 cm³/mol. The van der Waals surface area contributed by atoms with E-state index in [-0.39, 0.29) is 18.0 Å². The van der Waals surface area contributed by atoms with Crippen LogP contribution in [0.3, 0.4) is 0 Å². The lowest BCUT2D eigenvalue weighted by Gasteiger charge is -2.23. The molecule has 1 rings (SSSR count). The first-order valence-electron chi connectivity index (χ1n) is 7.93. The zero-order valence-electron chi connectivity index (χ0n) is 15.0. The average Bonchev–Trinajstić information content (AvgIpc) is 2.50. The Bertz CT molecular complexity index is 588. The molecule has 0 atom stereocenters. The Morgan fingerprint density at radius 1 is 1.12 bits per heavy atom. The van der Waals surface area contributed by atoms with Crippen LogP contribution in [-0.4, -0.2) is 48.4 Å². The van der Waals surface area contributed by atoms with E-state index >= 15 is 0 Å². The molecule has 0 fully saturated rings. The SMILES string of the molecule is CCc1ccc(C(=O)OCC(=O)N(C)CC(=O)NC(C)(C)C)cc1. The van der Waals surface area contributed by atoms with Gasteiger partial charge in [-0.2, -0.15) is 0 Å². The Morgan fingerprint density at radius 2 is 1.71 bits per heavy atom. The van der Waals surface area contributed by atoms with Gasteiger partial charge < -0.3 is 15.0 Å². The molecule has 2 amide bonds. The first-order valence-corrected chi connectivity index (χ1v) is 7.93. The number of likely N-dealkylation sites (N-methyl/N-ethyl adjacent to an activating group) is 1. The number of rotatable bonds is 6. The van der Waals surface area contributed by atoms with E-state index in [0.717, 1.165) is 12.0 Å². The highest BCUT2D eigenvalue weighted by Crippen LogP contribution is 2.06. The zero-order valence-corrected chi connectivity index (χ0v) is 15.0. The normalized spacial score (nSPS) is 10.9. The molecule has 24 heavy (non-hydrogen) atoms. The summed E-state index contributed by atoms with van der Waals surface area (Å²) in [4.78, 5) is 36.9. The Morgan fingerprint density at radius 3 is 2.21 bits per heavy atom. The highest BCUT2D eigenvalue weighted by Gasteiger charge is 2.19. The second kappa shape index (κ2) is 8.47. The molecule has 0 unspecified atom stereocenters. The molecule has 0 spiro atoms. The maximum Gasteiger partial charge on any atom is 0.338 e. The van der Waals surface area contributed by atoms with Gasteiger partial charge in [0.2, 0.25) is 5.91 Å². The van der Waals surface area contributed by atoms with Crippen molar-refractivity contribution in [3.8, 4) is 0 Å². The molecule has 0 aliphatic carbocycles. The van der Waals surface area contributed by atoms with Gasteiger partial charge >= 0.3 is 5.97 Å². The lowest BCUT2D eigenvalue weighted by atomic mass is 10.1. The fourth-order valence-electron chi connectivity index (χ4n) is 1.96. The molecule has 0 aliphatic heterocycles. The van der Waals surface area contributed by atoms with Gasteiger partial charge in [-0.15, -0.1) is 0 Å². The largest absolute Gasteiger partial charge is 0.452 e. The van der Waals surface area contributed by atoms with E-state index in [1.807, 2.05) is 39.8 Å². The standard InChI is InChI=1S/C18H26N2O4/c1-6-13-7-9-14(10-8-13)17(23)24-12-16(22)20(5)11-15(21)19-18(2,3)4/h7-10H,6,11-12H2,1-5H3,(H,19,21). The van der Waals surface area contributed by atoms with Gasteiger partial charge in [-0.25, -0.2) is 4.79 Å². The molecule has 0 saturated heterocycles. The summed E-state index contributed by atoms with van der Waals surface area (Å²) >= 11 is 0. The van der Waals surface area contributed by atoms with Crippen molar-refractivity contribution in [2.75, 3.05) is 20.2 Å². The van der Waals surface area contributed by atoms with Crippen molar-refractivity contribution in [2.45, 2.75) is 39.7 Å². The van der Waals surface area contributed by atoms with Crippen LogP contribution in [-0.2, 0) is 20.7 Å². The Kier molecular flexibility index (Phi) is 6.95. The smallest absolute Gasteiger partial charge is 0.338 e. The maximum absolute atomic E-state index is 11.9. The second-order valence-electron chi connectivity index (χ2n) is 6.67. The minimum Gasteiger partial charge on any atom is -0.452 e. The summed E-state index contributed by atoms with van der Waals surface area (Å²) in [6.07, 6.45) is 0.884. The molecule has 0 radical (unpaired) electrons. The maximum atomic E-state index is 11.9. The number of hydrogen-bond acceptors (Lipinski definition) is 4. The first-order chi connectivity index (χ1) is 11.1. The predicted octanol–water partition coefficient (Wildman–Crippen LogP) is 1.78. The molecule has 0 bridgehead atoms. The van der Waals surface area contributed by atoms with Crippen molar-refractivity contribution in [2.24, 2.45) is 0 Å². The zero-order chi connectivity index (χ0) is 18.3. The average molecular weight is 334 g/mol. The van der Waals surface area contributed by atoms with Crippen molar-refractivity contribution in [1.82, 2.24) is 10.2 Å². The molecule has 1 aromatic carbocycles. The van der Waals surface area contributed by atoms with Crippen molar-refractivity contribution in [3.63, 3.8) is 0 Å². The number of esters is 1. The summed E-state index contributed by atoms with van der Waals surface area (Å²) in [7, 11) is 1.49. The van der Waals surface area contributed by atoms with Gasteiger partial charge in [0.25, 0.3) is 5.91 Å². The van der Waals surface area contributed by atoms with Crippen LogP contribution < -0.4 is 5.32 Å². The van der Waals surface area contributed by atoms with Crippen molar-refractivity contribution >= 4 is 17.8 Å². The van der Waals surface area contributed by atoms with Gasteiger partial charge in [0.15, 0.2) is 6.61 Å². The number of carbonyl (C=O) groups excluding carboxylic acids is 3. The fraction of sp³-hybridized carbons (Fsp3) is 0.500. The molecule has 0 aromatic heterocycles. The summed E-state index contributed by atoms with van der Waals surface area (Å²) in [6.45, 7) is 7.12. The second-order valence-corrected chi connectivity index (χ2v) is 6.67. The Labute approximate surface area is 143 Å². The molecule has 1 N–H and O–H groups in total. The third kappa shape index (κ3) is 6.81. The van der Waals surface area contributed by atoms with Crippen LogP contribution in [0.1, 0.15) is 43.6 Å². The van der Waals surface area contributed by atoms with E-state index in [0.29, 0.717) is 5.56 Å². The van der Waals surface area contributed by atoms with Crippen LogP contribution in [0.25, 0.3) is 0 Å². The highest BCUT2D eigenvalue weighted by molar-refractivity contribution is 5.92. The van der Waals surface area contributed by atoms with Crippen LogP contribution in [0.2, 0.25) is 0 Å². The first kappa shape index (κ1) is 19.7. The number of ether oxygens (including phenoxy) is 1. The van der Waals surface area contributed by atoms with Gasteiger partial charge in [0, 0.05) is 12.6 Å². The molecule has 0 saturated carbocycles. The molecule has 6 heteroatoms. The van der Waals surface area contributed by atoms with E-state index in [2.05, 4.69) is 5.32 Å². The molecular formula is C18H26N2O4. The lowest BCUT2D eigenvalue weighted by molar-refractivity contribution is -0.137. The Hall–Kier alpha value is -2.37. The number of nitrogens with one attached hydrogen (secondary N) is 1. The summed E-state index contributed by atoms with van der Waals surface area (Å²) in [5.41, 5.74) is 1.15. The fourth-order valence-corrected chi connectivity index (χ4v) is 1.96. The molecule has 132 valence electrons.